The molecule has 3 nitrogen and oxygen atoms in total. The minimum atomic E-state index is 0.471. The molecule has 0 saturated heterocycles. The average molecular weight is 293 g/mol. The lowest BCUT2D eigenvalue weighted by Gasteiger charge is -2.40. The van der Waals surface area contributed by atoms with Gasteiger partial charge in [-0.05, 0) is 25.0 Å². The van der Waals surface area contributed by atoms with Crippen molar-refractivity contribution in [3.8, 4) is 0 Å². The lowest BCUT2D eigenvalue weighted by Crippen LogP contribution is -2.49. The largest absolute Gasteiger partial charge is 0.284 e. The predicted molar refractivity (Wildman–Crippen MR) is 92.1 cm³/mol. The number of benzene rings is 2. The molecule has 1 aliphatic heterocycles. The van der Waals surface area contributed by atoms with Gasteiger partial charge in [0.2, 0.25) is 0 Å². The summed E-state index contributed by atoms with van der Waals surface area (Å²) >= 11 is 0. The van der Waals surface area contributed by atoms with Gasteiger partial charge in [0, 0.05) is 18.7 Å². The van der Waals surface area contributed by atoms with E-state index in [1.807, 2.05) is 6.07 Å². The van der Waals surface area contributed by atoms with Crippen molar-refractivity contribution in [1.29, 1.82) is 0 Å². The van der Waals surface area contributed by atoms with Crippen LogP contribution >= 0.6 is 0 Å². The Morgan fingerprint density at radius 3 is 2.50 bits per heavy atom. The van der Waals surface area contributed by atoms with Crippen molar-refractivity contribution in [1.82, 2.24) is 10.0 Å². The van der Waals surface area contributed by atoms with Crippen molar-refractivity contribution in [3.63, 3.8) is 0 Å². The van der Waals surface area contributed by atoms with Crippen molar-refractivity contribution in [2.45, 2.75) is 32.9 Å². The van der Waals surface area contributed by atoms with Crippen LogP contribution in [0.5, 0.6) is 0 Å². The molecular formula is C19H23N3. The highest BCUT2D eigenvalue weighted by Gasteiger charge is 2.25. The molecule has 0 unspecified atom stereocenters. The van der Waals surface area contributed by atoms with Crippen LogP contribution in [0.25, 0.3) is 0 Å². The number of rotatable bonds is 4. The van der Waals surface area contributed by atoms with Gasteiger partial charge in [0.15, 0.2) is 5.84 Å². The van der Waals surface area contributed by atoms with Crippen molar-refractivity contribution in [2.75, 3.05) is 7.05 Å². The Morgan fingerprint density at radius 1 is 1.09 bits per heavy atom. The van der Waals surface area contributed by atoms with Crippen molar-refractivity contribution >= 4 is 11.5 Å². The summed E-state index contributed by atoms with van der Waals surface area (Å²) < 4.78 is 0. The van der Waals surface area contributed by atoms with E-state index in [1.54, 1.807) is 0 Å². The Hall–Kier alpha value is -2.13. The Bertz CT molecular complexity index is 663. The normalized spacial score (nSPS) is 15.5. The van der Waals surface area contributed by atoms with Crippen LogP contribution in [0, 0.1) is 0 Å². The average Bonchev–Trinajstić information content (AvgIpc) is 2.60. The van der Waals surface area contributed by atoms with E-state index in [0.717, 1.165) is 30.1 Å². The van der Waals surface area contributed by atoms with Crippen LogP contribution in [0.4, 0.5) is 5.69 Å². The maximum atomic E-state index is 4.94. The first-order valence-corrected chi connectivity index (χ1v) is 7.93. The molecule has 3 rings (SSSR count). The summed E-state index contributed by atoms with van der Waals surface area (Å²) in [6.45, 7) is 5.34. The maximum Gasteiger partial charge on any atom is 0.151 e. The van der Waals surface area contributed by atoms with E-state index in [2.05, 4.69) is 79.4 Å². The fourth-order valence-corrected chi connectivity index (χ4v) is 2.73. The zero-order valence-electron chi connectivity index (χ0n) is 13.5. The molecule has 2 aromatic carbocycles. The fourth-order valence-electron chi connectivity index (χ4n) is 2.73. The van der Waals surface area contributed by atoms with Crippen LogP contribution in [-0.2, 0) is 6.54 Å². The number of amidine groups is 1. The standard InChI is InChI=1S/C19H23N3/c1-4-15(2)21(3)22-14-17-12-8-9-13-18(17)20-19(22)16-10-6-5-7-11-16/h5-13,15H,4,14H2,1-3H3/t15-/m1/s1. The molecule has 1 aliphatic rings. The van der Waals surface area contributed by atoms with Crippen molar-refractivity contribution in [3.05, 3.63) is 65.7 Å². The molecule has 0 spiro atoms. The van der Waals surface area contributed by atoms with Crippen LogP contribution in [-0.4, -0.2) is 28.9 Å². The van der Waals surface area contributed by atoms with Gasteiger partial charge in [0.1, 0.15) is 0 Å². The van der Waals surface area contributed by atoms with Crippen LogP contribution in [0.1, 0.15) is 31.4 Å². The smallest absolute Gasteiger partial charge is 0.151 e. The van der Waals surface area contributed by atoms with Gasteiger partial charge in [-0.15, -0.1) is 0 Å². The van der Waals surface area contributed by atoms with Gasteiger partial charge < -0.3 is 0 Å². The number of hydrogen-bond donors (Lipinski definition) is 0. The van der Waals surface area contributed by atoms with Gasteiger partial charge in [-0.2, -0.15) is 0 Å². The van der Waals surface area contributed by atoms with Crippen molar-refractivity contribution in [2.24, 2.45) is 4.99 Å². The maximum absolute atomic E-state index is 4.94. The minimum absolute atomic E-state index is 0.471. The van der Waals surface area contributed by atoms with Crippen LogP contribution in [0.3, 0.4) is 0 Å². The summed E-state index contributed by atoms with van der Waals surface area (Å²) in [6, 6.07) is 19.3. The second-order valence-corrected chi connectivity index (χ2v) is 5.82. The Labute approximate surface area is 132 Å². The summed E-state index contributed by atoms with van der Waals surface area (Å²) in [4.78, 5) is 4.94. The number of nitrogens with zero attached hydrogens (tertiary/aromatic N) is 3. The van der Waals surface area contributed by atoms with Gasteiger partial charge in [-0.25, -0.2) is 10.0 Å². The highest BCUT2D eigenvalue weighted by Crippen LogP contribution is 2.29. The monoisotopic (exact) mass is 293 g/mol. The Morgan fingerprint density at radius 2 is 1.77 bits per heavy atom. The van der Waals surface area contributed by atoms with Crippen LogP contribution in [0.15, 0.2) is 59.6 Å². The van der Waals surface area contributed by atoms with Gasteiger partial charge >= 0.3 is 0 Å². The molecular weight excluding hydrogens is 270 g/mol. The second-order valence-electron chi connectivity index (χ2n) is 5.82. The van der Waals surface area contributed by atoms with E-state index in [1.165, 1.54) is 5.56 Å². The number of fused-ring (bicyclic) bond motifs is 1. The summed E-state index contributed by atoms with van der Waals surface area (Å²) in [6.07, 6.45) is 1.11. The first-order chi connectivity index (χ1) is 10.7. The quantitative estimate of drug-likeness (QED) is 0.840. The molecule has 2 aromatic rings. The molecule has 0 amide bonds. The minimum Gasteiger partial charge on any atom is -0.284 e. The molecule has 0 aliphatic carbocycles. The summed E-state index contributed by atoms with van der Waals surface area (Å²) in [5, 5.41) is 4.60. The molecule has 0 radical (unpaired) electrons. The number of hydrogen-bond acceptors (Lipinski definition) is 3. The van der Waals surface area contributed by atoms with Gasteiger partial charge in [0.05, 0.1) is 12.2 Å². The van der Waals surface area contributed by atoms with E-state index >= 15 is 0 Å². The molecule has 0 saturated carbocycles. The summed E-state index contributed by atoms with van der Waals surface area (Å²) in [7, 11) is 2.15. The number of hydrazine groups is 1. The second kappa shape index (κ2) is 6.32. The molecule has 0 fully saturated rings. The Kier molecular flexibility index (Phi) is 4.25. The number of aliphatic imine (C=N–C) groups is 1. The van der Waals surface area contributed by atoms with Crippen molar-refractivity contribution < 1.29 is 0 Å². The van der Waals surface area contributed by atoms with E-state index in [0.29, 0.717) is 6.04 Å². The SMILES string of the molecule is CC[C@@H](C)N(C)N1Cc2ccccc2N=C1c1ccccc1. The lowest BCUT2D eigenvalue weighted by molar-refractivity contribution is 0.0266. The predicted octanol–water partition coefficient (Wildman–Crippen LogP) is 4.23. The van der Waals surface area contributed by atoms with Crippen LogP contribution < -0.4 is 0 Å². The molecule has 3 heteroatoms. The zero-order valence-corrected chi connectivity index (χ0v) is 13.5. The molecule has 0 N–H and O–H groups in total. The first-order valence-electron chi connectivity index (χ1n) is 7.93. The van der Waals surface area contributed by atoms with Gasteiger partial charge in [0.25, 0.3) is 0 Å². The number of para-hydroxylation sites is 1. The van der Waals surface area contributed by atoms with Gasteiger partial charge in [-0.1, -0.05) is 55.5 Å². The lowest BCUT2D eigenvalue weighted by atomic mass is 10.1. The molecule has 0 bridgehead atoms. The van der Waals surface area contributed by atoms with E-state index in [4.69, 9.17) is 4.99 Å². The van der Waals surface area contributed by atoms with E-state index < -0.39 is 0 Å². The highest BCUT2D eigenvalue weighted by molar-refractivity contribution is 6.01. The Balaban J connectivity index is 2.05. The molecule has 1 heterocycles. The molecule has 1 atom stereocenters. The summed E-state index contributed by atoms with van der Waals surface area (Å²) in [5.74, 6) is 1.03. The van der Waals surface area contributed by atoms with Gasteiger partial charge in [-0.3, -0.25) is 5.01 Å². The van der Waals surface area contributed by atoms with E-state index in [9.17, 15) is 0 Å². The summed E-state index contributed by atoms with van der Waals surface area (Å²) in [5.41, 5.74) is 3.51. The fraction of sp³-hybridized carbons (Fsp3) is 0.316. The zero-order chi connectivity index (χ0) is 15.5. The third kappa shape index (κ3) is 2.77. The molecule has 114 valence electrons. The van der Waals surface area contributed by atoms with E-state index in [-0.39, 0.29) is 0 Å². The topological polar surface area (TPSA) is 18.8 Å². The molecule has 0 aromatic heterocycles. The third-order valence-corrected chi connectivity index (χ3v) is 4.42. The highest BCUT2D eigenvalue weighted by atomic mass is 15.6. The third-order valence-electron chi connectivity index (χ3n) is 4.42. The molecule has 22 heavy (non-hydrogen) atoms. The first kappa shape index (κ1) is 14.8. The van der Waals surface area contributed by atoms with Crippen LogP contribution in [0.2, 0.25) is 0 Å².